The molecule has 0 aliphatic heterocycles. The third kappa shape index (κ3) is 8.07. The predicted octanol–water partition coefficient (Wildman–Crippen LogP) is 4.77. The molecule has 9 nitrogen and oxygen atoms in total. The fraction of sp³-hybridized carbons (Fsp3) is 0.542. The Morgan fingerprint density at radius 2 is 1.75 bits per heavy atom. The van der Waals surface area contributed by atoms with E-state index in [1.807, 2.05) is 0 Å². The third-order valence-electron chi connectivity index (χ3n) is 6.15. The molecule has 1 aromatic carbocycles. The molecule has 3 rings (SSSR count). The van der Waals surface area contributed by atoms with Crippen molar-refractivity contribution in [1.29, 1.82) is 0 Å². The Labute approximate surface area is 243 Å². The number of aromatic nitrogens is 1. The minimum Gasteiger partial charge on any atom is -0.389 e. The van der Waals surface area contributed by atoms with Gasteiger partial charge in [0.2, 0.25) is 10.0 Å². The molecule has 1 atom stereocenters. The fourth-order valence-electron chi connectivity index (χ4n) is 3.94. The monoisotopic (exact) mass is 644 g/mol. The number of nitrogens with zero attached hydrogens (tertiary/aromatic N) is 1. The van der Waals surface area contributed by atoms with Crippen LogP contribution in [-0.2, 0) is 10.0 Å². The Morgan fingerprint density at radius 1 is 1.12 bits per heavy atom. The van der Waals surface area contributed by atoms with Gasteiger partial charge in [0.05, 0.1) is 20.5 Å². The molecule has 0 bridgehead atoms. The zero-order valence-electron chi connectivity index (χ0n) is 21.8. The van der Waals surface area contributed by atoms with Crippen LogP contribution >= 0.6 is 34.5 Å². The van der Waals surface area contributed by atoms with E-state index in [1.54, 1.807) is 0 Å². The van der Waals surface area contributed by atoms with Gasteiger partial charge in [-0.3, -0.25) is 9.59 Å². The van der Waals surface area contributed by atoms with Crippen molar-refractivity contribution in [2.45, 2.75) is 69.2 Å². The van der Waals surface area contributed by atoms with Gasteiger partial charge in [-0.15, -0.1) is 11.3 Å². The maximum atomic E-state index is 13.2. The number of alkyl halides is 3. The molecule has 0 radical (unpaired) electrons. The van der Waals surface area contributed by atoms with Crippen LogP contribution in [0.1, 0.15) is 66.7 Å². The van der Waals surface area contributed by atoms with Crippen LogP contribution in [0.5, 0.6) is 0 Å². The summed E-state index contributed by atoms with van der Waals surface area (Å²) < 4.78 is 65.7. The number of nitrogens with one attached hydrogen (secondary N) is 3. The fourth-order valence-corrected chi connectivity index (χ4v) is 7.10. The second kappa shape index (κ2) is 12.5. The van der Waals surface area contributed by atoms with E-state index in [1.165, 1.54) is 24.6 Å². The second-order valence-corrected chi connectivity index (χ2v) is 13.6. The molecule has 1 fully saturated rings. The highest BCUT2D eigenvalue weighted by molar-refractivity contribution is 7.89. The van der Waals surface area contributed by atoms with Gasteiger partial charge in [-0.2, -0.15) is 17.9 Å². The number of carbonyl (C=O) groups is 2. The lowest BCUT2D eigenvalue weighted by Crippen LogP contribution is -2.43. The van der Waals surface area contributed by atoms with E-state index < -0.39 is 49.6 Å². The van der Waals surface area contributed by atoms with Crippen molar-refractivity contribution in [3.63, 3.8) is 0 Å². The molecule has 40 heavy (non-hydrogen) atoms. The summed E-state index contributed by atoms with van der Waals surface area (Å²) in [6.45, 7) is 3.91. The molecular weight excluding hydrogens is 616 g/mol. The minimum absolute atomic E-state index is 0.0551. The summed E-state index contributed by atoms with van der Waals surface area (Å²) in [6.07, 6.45) is -0.781. The number of carbonyl (C=O) groups excluding carboxylic acids is 2. The SMILES string of the molecule is CC(NS(=O)(=O)c1ccc(-c2sc(C(=O)NCC(C)(C)O)nc2C(=O)NCC2CCCC2)c(Cl)c1Cl)C(F)(F)F. The van der Waals surface area contributed by atoms with Gasteiger partial charge in [-0.05, 0) is 45.6 Å². The number of sulfonamides is 1. The molecule has 1 unspecified atom stereocenters. The topological polar surface area (TPSA) is 137 Å². The lowest BCUT2D eigenvalue weighted by molar-refractivity contribution is -0.147. The number of hydrogen-bond donors (Lipinski definition) is 4. The van der Waals surface area contributed by atoms with E-state index in [-0.39, 0.29) is 32.7 Å². The zero-order valence-corrected chi connectivity index (χ0v) is 24.9. The largest absolute Gasteiger partial charge is 0.404 e. The van der Waals surface area contributed by atoms with Crippen molar-refractivity contribution in [3.8, 4) is 10.4 Å². The van der Waals surface area contributed by atoms with E-state index in [0.717, 1.165) is 43.1 Å². The highest BCUT2D eigenvalue weighted by Crippen LogP contribution is 2.41. The van der Waals surface area contributed by atoms with Gasteiger partial charge in [0.1, 0.15) is 16.6 Å². The molecule has 2 amide bonds. The highest BCUT2D eigenvalue weighted by Gasteiger charge is 2.39. The minimum atomic E-state index is -4.84. The normalized spacial score (nSPS) is 15.7. The van der Waals surface area contributed by atoms with Crippen LogP contribution in [0.4, 0.5) is 13.2 Å². The van der Waals surface area contributed by atoms with Gasteiger partial charge >= 0.3 is 6.18 Å². The summed E-state index contributed by atoms with van der Waals surface area (Å²) >= 11 is 13.4. The molecule has 2 aromatic rings. The van der Waals surface area contributed by atoms with Crippen molar-refractivity contribution in [3.05, 3.63) is 32.9 Å². The molecule has 1 aliphatic carbocycles. The average Bonchev–Trinajstić information content (AvgIpc) is 3.51. The molecule has 4 N–H and O–H groups in total. The van der Waals surface area contributed by atoms with Crippen LogP contribution in [0, 0.1) is 5.92 Å². The standard InChI is InChI=1S/C24H29Cl2F3N4O5S2/c1-12(24(27,28)29)33-40(37,38)15-9-8-14(16(25)17(15)26)19-18(20(34)30-10-13-6-4-5-7-13)32-22(39-19)21(35)31-11-23(2,3)36/h8-9,12-13,33,36H,4-7,10-11H2,1-3H3,(H,30,34)(H,31,35). The molecule has 1 heterocycles. The average molecular weight is 646 g/mol. The van der Waals surface area contributed by atoms with E-state index in [9.17, 15) is 36.3 Å². The van der Waals surface area contributed by atoms with Crippen molar-refractivity contribution < 1.29 is 36.3 Å². The summed E-state index contributed by atoms with van der Waals surface area (Å²) in [5.74, 6) is -0.964. The molecule has 16 heteroatoms. The Hall–Kier alpha value is -1.97. The Kier molecular flexibility index (Phi) is 10.2. The van der Waals surface area contributed by atoms with Crippen molar-refractivity contribution in [2.75, 3.05) is 13.1 Å². The molecule has 1 saturated carbocycles. The lowest BCUT2D eigenvalue weighted by Gasteiger charge is -2.18. The van der Waals surface area contributed by atoms with E-state index in [2.05, 4.69) is 15.6 Å². The number of rotatable bonds is 10. The molecule has 1 aromatic heterocycles. The Bertz CT molecular complexity index is 1370. The van der Waals surface area contributed by atoms with Gasteiger partial charge in [0.15, 0.2) is 5.01 Å². The first-order valence-corrected chi connectivity index (χ1v) is 15.3. The van der Waals surface area contributed by atoms with Crippen molar-refractivity contribution in [1.82, 2.24) is 20.3 Å². The van der Waals surface area contributed by atoms with E-state index in [4.69, 9.17) is 23.2 Å². The number of aliphatic hydroxyl groups is 1. The number of benzene rings is 1. The Balaban J connectivity index is 2.00. The number of thiazole rings is 1. The van der Waals surface area contributed by atoms with Crippen LogP contribution in [0.2, 0.25) is 10.0 Å². The lowest BCUT2D eigenvalue weighted by atomic mass is 10.1. The zero-order chi connectivity index (χ0) is 30.0. The van der Waals surface area contributed by atoms with Crippen LogP contribution in [-0.4, -0.2) is 61.2 Å². The maximum absolute atomic E-state index is 13.2. The molecular formula is C24H29Cl2F3N4O5S2. The van der Waals surface area contributed by atoms with Crippen LogP contribution in [0.15, 0.2) is 17.0 Å². The summed E-state index contributed by atoms with van der Waals surface area (Å²) in [7, 11) is -4.73. The maximum Gasteiger partial charge on any atom is 0.404 e. The van der Waals surface area contributed by atoms with Crippen LogP contribution < -0.4 is 15.4 Å². The number of hydrogen-bond acceptors (Lipinski definition) is 7. The van der Waals surface area contributed by atoms with Gasteiger partial charge < -0.3 is 15.7 Å². The van der Waals surface area contributed by atoms with Gasteiger partial charge in [-0.1, -0.05) is 42.1 Å². The van der Waals surface area contributed by atoms with Crippen LogP contribution in [0.3, 0.4) is 0 Å². The Morgan fingerprint density at radius 3 is 2.33 bits per heavy atom. The van der Waals surface area contributed by atoms with Gasteiger partial charge in [0.25, 0.3) is 11.8 Å². The van der Waals surface area contributed by atoms with Crippen LogP contribution in [0.25, 0.3) is 10.4 Å². The predicted molar refractivity (Wildman–Crippen MR) is 146 cm³/mol. The summed E-state index contributed by atoms with van der Waals surface area (Å²) in [6, 6.07) is -0.252. The van der Waals surface area contributed by atoms with E-state index >= 15 is 0 Å². The van der Waals surface area contributed by atoms with Gasteiger partial charge in [0, 0.05) is 18.7 Å². The van der Waals surface area contributed by atoms with Crippen molar-refractivity contribution in [2.24, 2.45) is 5.92 Å². The molecule has 1 aliphatic rings. The second-order valence-electron chi connectivity index (χ2n) is 10.2. The first kappa shape index (κ1) is 32.5. The third-order valence-corrected chi connectivity index (χ3v) is 9.81. The summed E-state index contributed by atoms with van der Waals surface area (Å²) in [5.41, 5.74) is -1.32. The number of halogens is 5. The molecule has 222 valence electrons. The summed E-state index contributed by atoms with van der Waals surface area (Å²) in [4.78, 5) is 29.5. The number of amides is 2. The first-order chi connectivity index (χ1) is 18.4. The van der Waals surface area contributed by atoms with Crippen molar-refractivity contribution >= 4 is 56.4 Å². The summed E-state index contributed by atoms with van der Waals surface area (Å²) in [5, 5.41) is 14.2. The quantitative estimate of drug-likeness (QED) is 0.294. The highest BCUT2D eigenvalue weighted by atomic mass is 35.5. The molecule has 0 spiro atoms. The molecule has 0 saturated heterocycles. The van der Waals surface area contributed by atoms with Gasteiger partial charge in [-0.25, -0.2) is 13.4 Å². The first-order valence-electron chi connectivity index (χ1n) is 12.3. The smallest absolute Gasteiger partial charge is 0.389 e. The van der Waals surface area contributed by atoms with E-state index in [0.29, 0.717) is 19.4 Å².